The Bertz CT molecular complexity index is 573. The van der Waals surface area contributed by atoms with E-state index in [4.69, 9.17) is 0 Å². The lowest BCUT2D eigenvalue weighted by Gasteiger charge is -2.30. The molecular formula is C17H21NO2. The third-order valence-electron chi connectivity index (χ3n) is 4.49. The molecule has 3 rings (SSSR count). The Labute approximate surface area is 119 Å². The molecule has 0 bridgehead atoms. The number of pyridine rings is 1. The molecule has 2 N–H and O–H groups in total. The molecule has 20 heavy (non-hydrogen) atoms. The second-order valence-corrected chi connectivity index (χ2v) is 5.78. The second kappa shape index (κ2) is 5.90. The predicted molar refractivity (Wildman–Crippen MR) is 79.3 cm³/mol. The van der Waals surface area contributed by atoms with Gasteiger partial charge in [0.1, 0.15) is 6.10 Å². The number of aliphatic hydroxyl groups excluding tert-OH is 2. The quantitative estimate of drug-likeness (QED) is 0.901. The topological polar surface area (TPSA) is 53.4 Å². The van der Waals surface area contributed by atoms with Gasteiger partial charge in [-0.3, -0.25) is 4.98 Å². The highest BCUT2D eigenvalue weighted by molar-refractivity contribution is 5.85. The Balaban J connectivity index is 1.89. The van der Waals surface area contributed by atoms with E-state index in [2.05, 4.69) is 4.98 Å². The van der Waals surface area contributed by atoms with Crippen molar-refractivity contribution in [2.75, 3.05) is 0 Å². The monoisotopic (exact) mass is 271 g/mol. The van der Waals surface area contributed by atoms with Crippen LogP contribution in [0.25, 0.3) is 10.8 Å². The highest BCUT2D eigenvalue weighted by Crippen LogP contribution is 2.34. The summed E-state index contributed by atoms with van der Waals surface area (Å²) in [5.41, 5.74) is 0.808. The van der Waals surface area contributed by atoms with Crippen LogP contribution in [-0.4, -0.2) is 21.3 Å². The summed E-state index contributed by atoms with van der Waals surface area (Å²) >= 11 is 0. The summed E-state index contributed by atoms with van der Waals surface area (Å²) in [7, 11) is 0. The average Bonchev–Trinajstić information content (AvgIpc) is 2.54. The van der Waals surface area contributed by atoms with Crippen LogP contribution in [0, 0.1) is 5.92 Å². The van der Waals surface area contributed by atoms with Gasteiger partial charge in [-0.25, -0.2) is 0 Å². The fraction of sp³-hybridized carbons (Fsp3) is 0.471. The maximum Gasteiger partial charge on any atom is 0.106 e. The Morgan fingerprint density at radius 1 is 1.05 bits per heavy atom. The average molecular weight is 271 g/mol. The van der Waals surface area contributed by atoms with Gasteiger partial charge in [0.2, 0.25) is 0 Å². The first-order valence-electron chi connectivity index (χ1n) is 7.46. The minimum absolute atomic E-state index is 0.218. The van der Waals surface area contributed by atoms with E-state index in [0.29, 0.717) is 0 Å². The van der Waals surface area contributed by atoms with Crippen LogP contribution in [-0.2, 0) is 0 Å². The Morgan fingerprint density at radius 3 is 2.65 bits per heavy atom. The number of aliphatic hydroxyl groups is 2. The molecule has 1 aliphatic rings. The summed E-state index contributed by atoms with van der Waals surface area (Å²) in [4.78, 5) is 4.10. The summed E-state index contributed by atoms with van der Waals surface area (Å²) in [6.45, 7) is 0. The van der Waals surface area contributed by atoms with Crippen LogP contribution in [0.15, 0.2) is 36.7 Å². The normalized spacial score (nSPS) is 19.9. The van der Waals surface area contributed by atoms with E-state index < -0.39 is 12.2 Å². The Morgan fingerprint density at radius 2 is 1.85 bits per heavy atom. The molecule has 1 saturated carbocycles. The Hall–Kier alpha value is -1.45. The largest absolute Gasteiger partial charge is 0.390 e. The summed E-state index contributed by atoms with van der Waals surface area (Å²) in [5.74, 6) is 0.218. The summed E-state index contributed by atoms with van der Waals surface area (Å²) < 4.78 is 0. The number of aromatic nitrogens is 1. The van der Waals surface area contributed by atoms with Crippen molar-refractivity contribution in [2.45, 2.75) is 44.3 Å². The molecule has 1 fully saturated rings. The van der Waals surface area contributed by atoms with Crippen LogP contribution < -0.4 is 0 Å². The maximum atomic E-state index is 10.6. The third-order valence-corrected chi connectivity index (χ3v) is 4.49. The van der Waals surface area contributed by atoms with Crippen molar-refractivity contribution in [3.05, 3.63) is 42.2 Å². The number of fused-ring (bicyclic) bond motifs is 1. The molecule has 1 heterocycles. The zero-order valence-corrected chi connectivity index (χ0v) is 11.6. The predicted octanol–water partition coefficient (Wildman–Crippen LogP) is 3.21. The van der Waals surface area contributed by atoms with Crippen LogP contribution in [0.4, 0.5) is 0 Å². The molecule has 0 aliphatic heterocycles. The molecule has 0 saturated heterocycles. The van der Waals surface area contributed by atoms with Gasteiger partial charge >= 0.3 is 0 Å². The molecule has 1 aromatic heterocycles. The minimum Gasteiger partial charge on any atom is -0.390 e. The molecule has 0 amide bonds. The summed E-state index contributed by atoms with van der Waals surface area (Å²) in [6.07, 6.45) is 7.64. The highest BCUT2D eigenvalue weighted by atomic mass is 16.3. The second-order valence-electron chi connectivity index (χ2n) is 5.78. The zero-order valence-electron chi connectivity index (χ0n) is 11.6. The first-order valence-corrected chi connectivity index (χ1v) is 7.46. The molecule has 1 aromatic carbocycles. The van der Waals surface area contributed by atoms with E-state index in [1.807, 2.05) is 24.3 Å². The van der Waals surface area contributed by atoms with Crippen LogP contribution in [0.5, 0.6) is 0 Å². The van der Waals surface area contributed by atoms with Crippen molar-refractivity contribution in [3.8, 4) is 0 Å². The SMILES string of the molecule is OC(c1cccc2cnccc12)C(O)C1CCCCC1. The van der Waals surface area contributed by atoms with Gasteiger partial charge in [0.25, 0.3) is 0 Å². The maximum absolute atomic E-state index is 10.6. The summed E-state index contributed by atoms with van der Waals surface area (Å²) in [5, 5.41) is 23.0. The third kappa shape index (κ3) is 2.56. The van der Waals surface area contributed by atoms with E-state index in [1.54, 1.807) is 12.4 Å². The first-order chi connectivity index (χ1) is 9.77. The molecule has 2 aromatic rings. The van der Waals surface area contributed by atoms with Crippen molar-refractivity contribution in [3.63, 3.8) is 0 Å². The Kier molecular flexibility index (Phi) is 3.99. The zero-order chi connectivity index (χ0) is 13.9. The van der Waals surface area contributed by atoms with Crippen LogP contribution in [0.3, 0.4) is 0 Å². The van der Waals surface area contributed by atoms with Gasteiger partial charge in [0.05, 0.1) is 6.10 Å². The van der Waals surface area contributed by atoms with E-state index >= 15 is 0 Å². The fourth-order valence-corrected chi connectivity index (χ4v) is 3.32. The van der Waals surface area contributed by atoms with Gasteiger partial charge in [0.15, 0.2) is 0 Å². The van der Waals surface area contributed by atoms with Crippen LogP contribution in [0.2, 0.25) is 0 Å². The molecule has 1 aliphatic carbocycles. The standard InChI is InChI=1S/C17H21NO2/c19-16(12-5-2-1-3-6-12)17(20)15-8-4-7-13-11-18-10-9-14(13)15/h4,7-12,16-17,19-20H,1-3,5-6H2. The van der Waals surface area contributed by atoms with Crippen molar-refractivity contribution in [1.29, 1.82) is 0 Å². The summed E-state index contributed by atoms with van der Waals surface area (Å²) in [6, 6.07) is 7.70. The molecule has 3 nitrogen and oxygen atoms in total. The lowest BCUT2D eigenvalue weighted by atomic mass is 9.81. The van der Waals surface area contributed by atoms with Crippen LogP contribution >= 0.6 is 0 Å². The molecule has 0 radical (unpaired) electrons. The van der Waals surface area contributed by atoms with Crippen molar-refractivity contribution < 1.29 is 10.2 Å². The van der Waals surface area contributed by atoms with Gasteiger partial charge in [-0.2, -0.15) is 0 Å². The van der Waals surface area contributed by atoms with Gasteiger partial charge in [0, 0.05) is 17.8 Å². The van der Waals surface area contributed by atoms with Crippen molar-refractivity contribution >= 4 is 10.8 Å². The van der Waals surface area contributed by atoms with Gasteiger partial charge in [-0.05, 0) is 35.8 Å². The van der Waals surface area contributed by atoms with Crippen molar-refractivity contribution in [2.24, 2.45) is 5.92 Å². The van der Waals surface area contributed by atoms with E-state index in [-0.39, 0.29) is 5.92 Å². The van der Waals surface area contributed by atoms with Crippen molar-refractivity contribution in [1.82, 2.24) is 4.98 Å². The molecular weight excluding hydrogens is 250 g/mol. The van der Waals surface area contributed by atoms with Gasteiger partial charge in [-0.15, -0.1) is 0 Å². The van der Waals surface area contributed by atoms with Gasteiger partial charge in [-0.1, -0.05) is 37.5 Å². The number of benzene rings is 1. The molecule has 106 valence electrons. The number of hydrogen-bond acceptors (Lipinski definition) is 3. The molecule has 0 spiro atoms. The van der Waals surface area contributed by atoms with Gasteiger partial charge < -0.3 is 10.2 Å². The minimum atomic E-state index is -0.816. The highest BCUT2D eigenvalue weighted by Gasteiger charge is 2.29. The number of nitrogens with zero attached hydrogens (tertiary/aromatic N) is 1. The molecule has 3 heteroatoms. The number of hydrogen-bond donors (Lipinski definition) is 2. The number of rotatable bonds is 3. The molecule has 2 atom stereocenters. The van der Waals surface area contributed by atoms with Crippen LogP contribution in [0.1, 0.15) is 43.8 Å². The van der Waals surface area contributed by atoms with E-state index in [1.165, 1.54) is 6.42 Å². The first kappa shape index (κ1) is 13.5. The smallest absolute Gasteiger partial charge is 0.106 e. The lowest BCUT2D eigenvalue weighted by Crippen LogP contribution is -2.29. The lowest BCUT2D eigenvalue weighted by molar-refractivity contribution is -0.0278. The fourth-order valence-electron chi connectivity index (χ4n) is 3.32. The molecule has 2 unspecified atom stereocenters. The van der Waals surface area contributed by atoms with E-state index in [9.17, 15) is 10.2 Å². The van der Waals surface area contributed by atoms with E-state index in [0.717, 1.165) is 42.0 Å².